The Balaban J connectivity index is 1.09. The number of hydrogen-bond donors (Lipinski definition) is 0. The van der Waals surface area contributed by atoms with Crippen LogP contribution in [0.2, 0.25) is 0 Å². The molecule has 3 heteroatoms. The second-order valence-electron chi connectivity index (χ2n) is 16.8. The minimum absolute atomic E-state index is 0.159. The first-order valence-electron chi connectivity index (χ1n) is 20.7. The molecule has 0 atom stereocenters. The lowest BCUT2D eigenvalue weighted by molar-refractivity contribution is 0.660. The third-order valence-corrected chi connectivity index (χ3v) is 13.2. The first-order chi connectivity index (χ1) is 29.5. The standard InChI is InChI=1S/C57H37NO2/c1-57(2)49-23-11-9-20-42(49)43-28-26-37(33-50(43)57)58(51-24-13-22-45-44-21-10-12-25-52(44)59-55(45)51)36-27-29-53-46(32-36)48-31-35-15-4-6-17-39(35)54(56(48)60-53)47-30-34-14-3-5-16-38(34)40-18-7-8-19-41(40)47/h3-33H,1-2H3. The number of benzene rings is 10. The molecule has 0 N–H and O–H groups in total. The molecule has 0 amide bonds. The van der Waals surface area contributed by atoms with E-state index in [0.29, 0.717) is 0 Å². The summed E-state index contributed by atoms with van der Waals surface area (Å²) in [5.74, 6) is 0. The Morgan fingerprint density at radius 2 is 0.983 bits per heavy atom. The molecule has 12 aromatic rings. The number of hydrogen-bond acceptors (Lipinski definition) is 3. The normalized spacial score (nSPS) is 13.3. The fourth-order valence-electron chi connectivity index (χ4n) is 10.4. The first-order valence-corrected chi connectivity index (χ1v) is 20.7. The largest absolute Gasteiger partial charge is 0.455 e. The van der Waals surface area contributed by atoms with Crippen molar-refractivity contribution in [1.29, 1.82) is 0 Å². The summed E-state index contributed by atoms with van der Waals surface area (Å²) in [5.41, 5.74) is 14.0. The molecule has 3 nitrogen and oxygen atoms in total. The molecule has 0 saturated heterocycles. The molecule has 1 aliphatic carbocycles. The van der Waals surface area contributed by atoms with Gasteiger partial charge in [0.1, 0.15) is 16.7 Å². The number of nitrogens with zero attached hydrogens (tertiary/aromatic N) is 1. The Morgan fingerprint density at radius 1 is 0.367 bits per heavy atom. The summed E-state index contributed by atoms with van der Waals surface area (Å²) in [6.45, 7) is 4.69. The Labute approximate surface area is 346 Å². The van der Waals surface area contributed by atoms with Crippen LogP contribution in [0.3, 0.4) is 0 Å². The van der Waals surface area contributed by atoms with Gasteiger partial charge in [-0.15, -0.1) is 0 Å². The Morgan fingerprint density at radius 3 is 1.85 bits per heavy atom. The molecule has 10 aromatic carbocycles. The number of fused-ring (bicyclic) bond motifs is 13. The van der Waals surface area contributed by atoms with Crippen molar-refractivity contribution in [2.75, 3.05) is 4.90 Å². The predicted molar refractivity (Wildman–Crippen MR) is 251 cm³/mol. The van der Waals surface area contributed by atoms with Gasteiger partial charge in [0.05, 0.1) is 5.69 Å². The van der Waals surface area contributed by atoms with Crippen molar-refractivity contribution in [2.24, 2.45) is 0 Å². The lowest BCUT2D eigenvalue weighted by Gasteiger charge is -2.28. The lowest BCUT2D eigenvalue weighted by Crippen LogP contribution is -2.16. The van der Waals surface area contributed by atoms with Crippen molar-refractivity contribution < 1.29 is 8.83 Å². The molecule has 0 spiro atoms. The van der Waals surface area contributed by atoms with Gasteiger partial charge >= 0.3 is 0 Å². The molecule has 0 radical (unpaired) electrons. The molecule has 2 heterocycles. The Kier molecular flexibility index (Phi) is 6.78. The second-order valence-corrected chi connectivity index (χ2v) is 16.8. The van der Waals surface area contributed by atoms with Crippen LogP contribution in [0.1, 0.15) is 25.0 Å². The van der Waals surface area contributed by atoms with E-state index in [0.717, 1.165) is 66.5 Å². The van der Waals surface area contributed by atoms with Crippen LogP contribution in [0.25, 0.3) is 98.4 Å². The summed E-state index contributed by atoms with van der Waals surface area (Å²) in [6, 6.07) is 68.1. The molecule has 0 aliphatic heterocycles. The Bertz CT molecular complexity index is 3770. The van der Waals surface area contributed by atoms with Crippen molar-refractivity contribution in [2.45, 2.75) is 19.3 Å². The van der Waals surface area contributed by atoms with Crippen LogP contribution in [0.15, 0.2) is 197 Å². The zero-order valence-electron chi connectivity index (χ0n) is 33.2. The van der Waals surface area contributed by atoms with Gasteiger partial charge in [0, 0.05) is 43.9 Å². The van der Waals surface area contributed by atoms with E-state index >= 15 is 0 Å². The average Bonchev–Trinajstić information content (AvgIpc) is 3.93. The Hall–Kier alpha value is -7.62. The molecule has 282 valence electrons. The van der Waals surface area contributed by atoms with Crippen LogP contribution >= 0.6 is 0 Å². The van der Waals surface area contributed by atoms with Gasteiger partial charge < -0.3 is 13.7 Å². The molecular formula is C57H37NO2. The molecule has 1 aliphatic rings. The molecule has 0 saturated carbocycles. The maximum Gasteiger partial charge on any atom is 0.159 e. The molecule has 0 fully saturated rings. The van der Waals surface area contributed by atoms with Crippen molar-refractivity contribution in [1.82, 2.24) is 0 Å². The summed E-state index contributed by atoms with van der Waals surface area (Å²) in [7, 11) is 0. The van der Waals surface area contributed by atoms with E-state index in [4.69, 9.17) is 8.83 Å². The monoisotopic (exact) mass is 767 g/mol. The fraction of sp³-hybridized carbons (Fsp3) is 0.0526. The molecule has 13 rings (SSSR count). The third-order valence-electron chi connectivity index (χ3n) is 13.2. The molecule has 0 bridgehead atoms. The van der Waals surface area contributed by atoms with E-state index < -0.39 is 0 Å². The highest BCUT2D eigenvalue weighted by Gasteiger charge is 2.36. The van der Waals surface area contributed by atoms with Crippen LogP contribution < -0.4 is 4.90 Å². The zero-order chi connectivity index (χ0) is 39.7. The molecule has 2 aromatic heterocycles. The van der Waals surface area contributed by atoms with Gasteiger partial charge in [0.2, 0.25) is 0 Å². The summed E-state index contributed by atoms with van der Waals surface area (Å²) in [5, 5.41) is 11.6. The summed E-state index contributed by atoms with van der Waals surface area (Å²) in [6.07, 6.45) is 0. The van der Waals surface area contributed by atoms with E-state index in [-0.39, 0.29) is 5.41 Å². The van der Waals surface area contributed by atoms with E-state index in [2.05, 4.69) is 201 Å². The molecule has 0 unspecified atom stereocenters. The predicted octanol–water partition coefficient (Wildman–Crippen LogP) is 16.4. The van der Waals surface area contributed by atoms with E-state index in [1.165, 1.54) is 60.1 Å². The highest BCUT2D eigenvalue weighted by molar-refractivity contribution is 6.24. The topological polar surface area (TPSA) is 29.5 Å². The SMILES string of the molecule is CC1(C)c2ccccc2-c2ccc(N(c3ccc4oc5c(-c6cc7ccccc7c7ccccc67)c6ccccc6cc5c4c3)c3cccc4c3oc3ccccc34)cc21. The summed E-state index contributed by atoms with van der Waals surface area (Å²) in [4.78, 5) is 2.38. The second kappa shape index (κ2) is 12.2. The van der Waals surface area contributed by atoms with Gasteiger partial charge in [0.25, 0.3) is 0 Å². The maximum atomic E-state index is 7.05. The van der Waals surface area contributed by atoms with Gasteiger partial charge in [-0.2, -0.15) is 0 Å². The van der Waals surface area contributed by atoms with Gasteiger partial charge in [-0.3, -0.25) is 0 Å². The van der Waals surface area contributed by atoms with Crippen LogP contribution in [0.4, 0.5) is 17.1 Å². The van der Waals surface area contributed by atoms with Gasteiger partial charge in [0.15, 0.2) is 5.58 Å². The van der Waals surface area contributed by atoms with E-state index in [1.54, 1.807) is 0 Å². The minimum Gasteiger partial charge on any atom is -0.455 e. The first kappa shape index (κ1) is 33.4. The fourth-order valence-corrected chi connectivity index (χ4v) is 10.4. The number of para-hydroxylation sites is 2. The highest BCUT2D eigenvalue weighted by atomic mass is 16.3. The van der Waals surface area contributed by atoms with E-state index in [1.807, 2.05) is 6.07 Å². The van der Waals surface area contributed by atoms with E-state index in [9.17, 15) is 0 Å². The molecule has 60 heavy (non-hydrogen) atoms. The van der Waals surface area contributed by atoms with Crippen molar-refractivity contribution in [3.8, 4) is 22.3 Å². The van der Waals surface area contributed by atoms with Crippen LogP contribution in [0.5, 0.6) is 0 Å². The summed E-state index contributed by atoms with van der Waals surface area (Å²) >= 11 is 0. The lowest BCUT2D eigenvalue weighted by atomic mass is 9.82. The van der Waals surface area contributed by atoms with Crippen LogP contribution in [0, 0.1) is 0 Å². The number of rotatable bonds is 4. The van der Waals surface area contributed by atoms with Gasteiger partial charge in [-0.25, -0.2) is 0 Å². The zero-order valence-corrected chi connectivity index (χ0v) is 33.2. The van der Waals surface area contributed by atoms with Gasteiger partial charge in [-0.1, -0.05) is 147 Å². The van der Waals surface area contributed by atoms with Crippen molar-refractivity contribution in [3.05, 3.63) is 199 Å². The highest BCUT2D eigenvalue weighted by Crippen LogP contribution is 2.52. The third kappa shape index (κ3) is 4.60. The van der Waals surface area contributed by atoms with Crippen LogP contribution in [-0.2, 0) is 5.41 Å². The summed E-state index contributed by atoms with van der Waals surface area (Å²) < 4.78 is 13.8. The average molecular weight is 768 g/mol. The maximum absolute atomic E-state index is 7.05. The van der Waals surface area contributed by atoms with Crippen molar-refractivity contribution >= 4 is 93.3 Å². The smallest absolute Gasteiger partial charge is 0.159 e. The number of furan rings is 2. The van der Waals surface area contributed by atoms with Crippen LogP contribution in [-0.4, -0.2) is 0 Å². The number of anilines is 3. The van der Waals surface area contributed by atoms with Crippen molar-refractivity contribution in [3.63, 3.8) is 0 Å². The van der Waals surface area contributed by atoms with Gasteiger partial charge in [-0.05, 0) is 115 Å². The quantitative estimate of drug-likeness (QED) is 0.167. The minimum atomic E-state index is -0.159. The molecular weight excluding hydrogens is 731 g/mol.